The van der Waals surface area contributed by atoms with Gasteiger partial charge in [-0.15, -0.1) is 0 Å². The number of anilines is 1. The molecule has 0 bridgehead atoms. The van der Waals surface area contributed by atoms with E-state index >= 15 is 0 Å². The minimum absolute atomic E-state index is 0.187. The van der Waals surface area contributed by atoms with Gasteiger partial charge in [0.1, 0.15) is 5.82 Å². The molecule has 1 amide bonds. The molecular weight excluding hydrogens is 388 g/mol. The van der Waals surface area contributed by atoms with E-state index in [-0.39, 0.29) is 11.3 Å². The molecule has 1 aromatic carbocycles. The maximum absolute atomic E-state index is 13.0. The lowest BCUT2D eigenvalue weighted by atomic mass is 9.92. The maximum atomic E-state index is 13.0. The molecule has 3 aromatic heterocycles. The first kappa shape index (κ1) is 20.5. The summed E-state index contributed by atoms with van der Waals surface area (Å²) in [5.74, 6) is 0.717. The Hall–Kier alpha value is -3.74. The van der Waals surface area contributed by atoms with Gasteiger partial charge >= 0.3 is 0 Å². The second-order valence-electron chi connectivity index (χ2n) is 8.58. The molecule has 0 aliphatic carbocycles. The molecule has 0 atom stereocenters. The fourth-order valence-corrected chi connectivity index (χ4v) is 3.42. The van der Waals surface area contributed by atoms with E-state index in [0.717, 1.165) is 22.8 Å². The van der Waals surface area contributed by atoms with Crippen LogP contribution in [0.2, 0.25) is 0 Å². The molecule has 0 aliphatic heterocycles. The van der Waals surface area contributed by atoms with E-state index in [1.807, 2.05) is 30.3 Å². The van der Waals surface area contributed by atoms with Crippen LogP contribution in [0.3, 0.4) is 0 Å². The second-order valence-corrected chi connectivity index (χ2v) is 8.58. The Morgan fingerprint density at radius 3 is 2.13 bits per heavy atom. The van der Waals surface area contributed by atoms with Crippen molar-refractivity contribution >= 4 is 11.7 Å². The lowest BCUT2D eigenvalue weighted by Crippen LogP contribution is -2.16. The maximum Gasteiger partial charge on any atom is 0.256 e. The highest BCUT2D eigenvalue weighted by atomic mass is 16.1. The van der Waals surface area contributed by atoms with Crippen molar-refractivity contribution in [2.24, 2.45) is 0 Å². The Kier molecular flexibility index (Phi) is 5.19. The molecule has 3 heterocycles. The molecule has 1 N–H and O–H groups in total. The molecule has 0 fully saturated rings. The zero-order chi connectivity index (χ0) is 22.2. The molecule has 0 saturated heterocycles. The van der Waals surface area contributed by atoms with E-state index in [2.05, 4.69) is 71.7 Å². The monoisotopic (exact) mass is 414 g/mol. The van der Waals surface area contributed by atoms with Crippen LogP contribution in [0.4, 0.5) is 5.82 Å². The topological polar surface area (TPSA) is 77.6 Å². The van der Waals surface area contributed by atoms with Crippen molar-refractivity contribution in [1.82, 2.24) is 24.3 Å². The first-order chi connectivity index (χ1) is 14.7. The normalized spacial score (nSPS) is 11.5. The van der Waals surface area contributed by atoms with Gasteiger partial charge in [-0.2, -0.15) is 9.78 Å². The fourth-order valence-electron chi connectivity index (χ4n) is 3.42. The average molecular weight is 415 g/mol. The zero-order valence-electron chi connectivity index (χ0n) is 18.4. The van der Waals surface area contributed by atoms with Crippen LogP contribution >= 0.6 is 0 Å². The third-order valence-corrected chi connectivity index (χ3v) is 5.12. The molecule has 7 nitrogen and oxygen atoms in total. The summed E-state index contributed by atoms with van der Waals surface area (Å²) in [7, 11) is 0. The molecule has 0 unspecified atom stereocenters. The molecule has 4 rings (SSSR count). The van der Waals surface area contributed by atoms with E-state index in [1.54, 1.807) is 23.1 Å². The molecular formula is C24H26N6O. The predicted octanol–water partition coefficient (Wildman–Crippen LogP) is 4.62. The van der Waals surface area contributed by atoms with Gasteiger partial charge in [0.15, 0.2) is 0 Å². The van der Waals surface area contributed by atoms with Gasteiger partial charge in [-0.3, -0.25) is 4.79 Å². The van der Waals surface area contributed by atoms with Gasteiger partial charge in [-0.25, -0.2) is 9.97 Å². The summed E-state index contributed by atoms with van der Waals surface area (Å²) in [6, 6.07) is 15.3. The van der Waals surface area contributed by atoms with Crippen LogP contribution in [0.15, 0.2) is 60.9 Å². The van der Waals surface area contributed by atoms with E-state index in [4.69, 9.17) is 0 Å². The number of hydrogen-bond donors (Lipinski definition) is 1. The Labute approximate surface area is 181 Å². The van der Waals surface area contributed by atoms with Gasteiger partial charge in [-0.1, -0.05) is 20.8 Å². The van der Waals surface area contributed by atoms with E-state index in [9.17, 15) is 4.79 Å². The zero-order valence-corrected chi connectivity index (χ0v) is 18.4. The van der Waals surface area contributed by atoms with Crippen LogP contribution in [-0.2, 0) is 5.41 Å². The van der Waals surface area contributed by atoms with Gasteiger partial charge in [0, 0.05) is 46.5 Å². The molecule has 0 saturated carbocycles. The van der Waals surface area contributed by atoms with E-state index < -0.39 is 0 Å². The minimum atomic E-state index is -0.218. The van der Waals surface area contributed by atoms with Crippen molar-refractivity contribution in [1.29, 1.82) is 0 Å². The SMILES string of the molecule is Cc1ccc(C)n1-c1ccc(C(=O)Nc2cc(C(C)(C)C)nn2-c2ncccn2)cc1. The van der Waals surface area contributed by atoms with E-state index in [1.165, 1.54) is 0 Å². The molecule has 158 valence electrons. The number of carbonyl (C=O) groups is 1. The quantitative estimate of drug-likeness (QED) is 0.529. The Morgan fingerprint density at radius 2 is 1.55 bits per heavy atom. The number of rotatable bonds is 4. The molecule has 7 heteroatoms. The van der Waals surface area contributed by atoms with Crippen molar-refractivity contribution in [3.05, 3.63) is 83.6 Å². The van der Waals surface area contributed by atoms with Crippen LogP contribution in [0.1, 0.15) is 48.2 Å². The molecule has 31 heavy (non-hydrogen) atoms. The number of nitrogens with zero attached hydrogens (tertiary/aromatic N) is 5. The van der Waals surface area contributed by atoms with Crippen LogP contribution in [0.25, 0.3) is 11.6 Å². The lowest BCUT2D eigenvalue weighted by Gasteiger charge is -2.13. The van der Waals surface area contributed by atoms with E-state index in [0.29, 0.717) is 17.3 Å². The van der Waals surface area contributed by atoms with Gasteiger partial charge in [-0.05, 0) is 56.3 Å². The van der Waals surface area contributed by atoms with Crippen LogP contribution < -0.4 is 5.32 Å². The summed E-state index contributed by atoms with van der Waals surface area (Å²) in [4.78, 5) is 21.5. The molecule has 0 radical (unpaired) electrons. The summed E-state index contributed by atoms with van der Waals surface area (Å²) < 4.78 is 3.72. The summed E-state index contributed by atoms with van der Waals surface area (Å²) in [5.41, 5.74) is 4.53. The van der Waals surface area contributed by atoms with Crippen molar-refractivity contribution < 1.29 is 4.79 Å². The van der Waals surface area contributed by atoms with Crippen LogP contribution in [0, 0.1) is 13.8 Å². The number of amides is 1. The number of carbonyl (C=O) groups excluding carboxylic acids is 1. The van der Waals surface area contributed by atoms with Crippen LogP contribution in [-0.4, -0.2) is 30.2 Å². The molecule has 4 aromatic rings. The fraction of sp³-hybridized carbons (Fsp3) is 0.250. The van der Waals surface area contributed by atoms with Crippen molar-refractivity contribution in [2.75, 3.05) is 5.32 Å². The number of nitrogens with one attached hydrogen (secondary N) is 1. The third-order valence-electron chi connectivity index (χ3n) is 5.12. The Morgan fingerprint density at radius 1 is 0.935 bits per heavy atom. The van der Waals surface area contributed by atoms with Gasteiger partial charge in [0.05, 0.1) is 5.69 Å². The highest BCUT2D eigenvalue weighted by Gasteiger charge is 2.22. The standard InChI is InChI=1S/C24H26N6O/c1-16-7-8-17(2)29(16)19-11-9-18(10-12-19)22(31)27-21-15-20(24(3,4)5)28-30(21)23-25-13-6-14-26-23/h6-15H,1-5H3,(H,27,31). The smallest absolute Gasteiger partial charge is 0.256 e. The van der Waals surface area contributed by atoms with Crippen molar-refractivity contribution in [2.45, 2.75) is 40.0 Å². The first-order valence-electron chi connectivity index (χ1n) is 10.2. The Bertz CT molecular complexity index is 1190. The number of aryl methyl sites for hydroxylation is 2. The minimum Gasteiger partial charge on any atom is -0.319 e. The largest absolute Gasteiger partial charge is 0.319 e. The lowest BCUT2D eigenvalue weighted by molar-refractivity contribution is 0.102. The highest BCUT2D eigenvalue weighted by Crippen LogP contribution is 2.26. The average Bonchev–Trinajstić information content (AvgIpc) is 3.32. The third kappa shape index (κ3) is 4.12. The molecule has 0 aliphatic rings. The highest BCUT2D eigenvalue weighted by molar-refractivity contribution is 6.04. The van der Waals surface area contributed by atoms with Gasteiger partial charge in [0.25, 0.3) is 11.9 Å². The number of hydrogen-bond acceptors (Lipinski definition) is 4. The first-order valence-corrected chi connectivity index (χ1v) is 10.2. The van der Waals surface area contributed by atoms with Crippen molar-refractivity contribution in [3.8, 4) is 11.6 Å². The van der Waals surface area contributed by atoms with Gasteiger partial charge in [0.2, 0.25) is 0 Å². The summed E-state index contributed by atoms with van der Waals surface area (Å²) in [5, 5.41) is 7.61. The predicted molar refractivity (Wildman–Crippen MR) is 121 cm³/mol. The Balaban J connectivity index is 1.63. The second kappa shape index (κ2) is 7.83. The number of benzene rings is 1. The summed E-state index contributed by atoms with van der Waals surface area (Å²) >= 11 is 0. The molecule has 0 spiro atoms. The van der Waals surface area contributed by atoms with Crippen molar-refractivity contribution in [3.63, 3.8) is 0 Å². The van der Waals surface area contributed by atoms with Gasteiger partial charge < -0.3 is 9.88 Å². The number of aromatic nitrogens is 5. The van der Waals surface area contributed by atoms with Crippen LogP contribution in [0.5, 0.6) is 0 Å². The summed E-state index contributed by atoms with van der Waals surface area (Å²) in [6.07, 6.45) is 3.30. The summed E-state index contributed by atoms with van der Waals surface area (Å²) in [6.45, 7) is 10.3.